The van der Waals surface area contributed by atoms with E-state index in [9.17, 15) is 14.9 Å². The summed E-state index contributed by atoms with van der Waals surface area (Å²) in [5.41, 5.74) is 0.138. The predicted molar refractivity (Wildman–Crippen MR) is 75.1 cm³/mol. The average Bonchev–Trinajstić information content (AvgIpc) is 2.92. The first-order valence-electron chi connectivity index (χ1n) is 5.59. The minimum atomic E-state index is -0.551. The molecule has 6 nitrogen and oxygen atoms in total. The number of non-ortho nitro benzene ring substituents is 1. The summed E-state index contributed by atoms with van der Waals surface area (Å²) in [5, 5.41) is 19.4. The maximum Gasteiger partial charge on any atom is 0.270 e. The Hall–Kier alpha value is -2.91. The van der Waals surface area contributed by atoms with Gasteiger partial charge in [-0.3, -0.25) is 14.9 Å². The van der Waals surface area contributed by atoms with Crippen LogP contribution in [0.4, 0.5) is 5.69 Å². The molecular formula is C14H6ClN2O4. The van der Waals surface area contributed by atoms with Crippen LogP contribution >= 0.6 is 11.6 Å². The Labute approximate surface area is 124 Å². The molecule has 0 bridgehead atoms. The van der Waals surface area contributed by atoms with E-state index in [0.29, 0.717) is 11.3 Å². The lowest BCUT2D eigenvalue weighted by Gasteiger charge is -2.00. The highest BCUT2D eigenvalue weighted by molar-refractivity contribution is 6.33. The Bertz CT molecular complexity index is 787. The van der Waals surface area contributed by atoms with Gasteiger partial charge in [-0.1, -0.05) is 11.6 Å². The van der Waals surface area contributed by atoms with Crippen molar-refractivity contribution in [2.45, 2.75) is 0 Å². The number of nitrogens with zero attached hydrogens (tertiary/aromatic N) is 2. The molecule has 1 aromatic heterocycles. The number of allylic oxidation sites excluding steroid dienone is 1. The monoisotopic (exact) mass is 301 g/mol. The maximum atomic E-state index is 10.6. The van der Waals surface area contributed by atoms with Crippen LogP contribution in [0.2, 0.25) is 5.02 Å². The van der Waals surface area contributed by atoms with E-state index in [4.69, 9.17) is 21.3 Å². The van der Waals surface area contributed by atoms with Gasteiger partial charge in [0.1, 0.15) is 23.2 Å². The summed E-state index contributed by atoms with van der Waals surface area (Å²) < 4.78 is 5.42. The lowest BCUT2D eigenvalue weighted by atomic mass is 10.1. The molecular weight excluding hydrogens is 296 g/mol. The van der Waals surface area contributed by atoms with Crippen molar-refractivity contribution in [1.29, 1.82) is 5.26 Å². The second kappa shape index (κ2) is 6.03. The van der Waals surface area contributed by atoms with E-state index < -0.39 is 4.92 Å². The number of nitriles is 1. The first kappa shape index (κ1) is 14.5. The minimum absolute atomic E-state index is 0.127. The Balaban J connectivity index is 2.39. The Morgan fingerprint density at radius 2 is 2.14 bits per heavy atom. The smallest absolute Gasteiger partial charge is 0.270 e. The van der Waals surface area contributed by atoms with Crippen molar-refractivity contribution in [3.8, 4) is 17.4 Å². The van der Waals surface area contributed by atoms with Gasteiger partial charge in [-0.05, 0) is 18.2 Å². The van der Waals surface area contributed by atoms with Crippen LogP contribution in [0.1, 0.15) is 5.76 Å². The molecule has 0 saturated heterocycles. The molecule has 0 N–H and O–H groups in total. The van der Waals surface area contributed by atoms with Gasteiger partial charge < -0.3 is 4.42 Å². The highest BCUT2D eigenvalue weighted by Crippen LogP contribution is 2.32. The number of hydrogen-bond acceptors (Lipinski definition) is 5. The van der Waals surface area contributed by atoms with Crippen LogP contribution in [0.25, 0.3) is 17.4 Å². The minimum Gasteiger partial charge on any atom is -0.457 e. The molecule has 0 unspecified atom stereocenters. The molecule has 1 radical (unpaired) electrons. The molecule has 21 heavy (non-hydrogen) atoms. The lowest BCUT2D eigenvalue weighted by molar-refractivity contribution is -0.384. The van der Waals surface area contributed by atoms with Gasteiger partial charge >= 0.3 is 0 Å². The van der Waals surface area contributed by atoms with E-state index in [0.717, 1.165) is 0 Å². The highest BCUT2D eigenvalue weighted by atomic mass is 35.5. The van der Waals surface area contributed by atoms with Gasteiger partial charge in [-0.25, -0.2) is 0 Å². The number of halogens is 1. The fraction of sp³-hybridized carbons (Fsp3) is 0. The number of rotatable bonds is 4. The van der Waals surface area contributed by atoms with Crippen molar-refractivity contribution < 1.29 is 14.1 Å². The molecule has 2 aromatic rings. The highest BCUT2D eigenvalue weighted by Gasteiger charge is 2.13. The summed E-state index contributed by atoms with van der Waals surface area (Å²) in [7, 11) is 0. The quantitative estimate of drug-likeness (QED) is 0.372. The van der Waals surface area contributed by atoms with Gasteiger partial charge in [-0.2, -0.15) is 5.26 Å². The SMILES string of the molecule is N#CC([C]=O)=Cc1ccc(-c2ccc([N+](=O)[O-])cc2Cl)o1. The fourth-order valence-electron chi connectivity index (χ4n) is 1.62. The Kier molecular flexibility index (Phi) is 4.16. The zero-order valence-corrected chi connectivity index (χ0v) is 11.1. The topological polar surface area (TPSA) is 97.1 Å². The average molecular weight is 302 g/mol. The number of nitro groups is 1. The van der Waals surface area contributed by atoms with Gasteiger partial charge in [-0.15, -0.1) is 0 Å². The summed E-state index contributed by atoms with van der Waals surface area (Å²) in [6.45, 7) is 0. The van der Waals surface area contributed by atoms with Gasteiger partial charge in [0.15, 0.2) is 0 Å². The number of carbonyl (C=O) groups excluding carboxylic acids is 1. The summed E-state index contributed by atoms with van der Waals surface area (Å²) in [6, 6.07) is 8.77. The Morgan fingerprint density at radius 3 is 2.71 bits per heavy atom. The van der Waals surface area contributed by atoms with E-state index in [1.54, 1.807) is 18.2 Å². The Morgan fingerprint density at radius 1 is 1.38 bits per heavy atom. The first-order valence-corrected chi connectivity index (χ1v) is 5.97. The largest absolute Gasteiger partial charge is 0.457 e. The molecule has 0 aliphatic heterocycles. The fourth-order valence-corrected chi connectivity index (χ4v) is 1.89. The number of furan rings is 1. The predicted octanol–water partition coefficient (Wildman–Crippen LogP) is 3.52. The summed E-state index contributed by atoms with van der Waals surface area (Å²) >= 11 is 5.98. The molecule has 103 valence electrons. The zero-order valence-electron chi connectivity index (χ0n) is 10.4. The van der Waals surface area contributed by atoms with Crippen molar-refractivity contribution in [3.05, 3.63) is 56.8 Å². The van der Waals surface area contributed by atoms with Crippen molar-refractivity contribution in [2.75, 3.05) is 0 Å². The van der Waals surface area contributed by atoms with E-state index in [1.807, 2.05) is 0 Å². The molecule has 7 heteroatoms. The van der Waals surface area contributed by atoms with Crippen LogP contribution in [0.3, 0.4) is 0 Å². The van der Waals surface area contributed by atoms with Crippen LogP contribution in [-0.4, -0.2) is 11.2 Å². The molecule has 0 saturated carbocycles. The third kappa shape index (κ3) is 3.16. The second-order valence-electron chi connectivity index (χ2n) is 3.90. The van der Waals surface area contributed by atoms with Crippen LogP contribution in [0.15, 0.2) is 40.3 Å². The number of hydrogen-bond donors (Lipinski definition) is 0. The van der Waals surface area contributed by atoms with Crippen LogP contribution in [-0.2, 0) is 4.79 Å². The molecule has 0 aliphatic rings. The van der Waals surface area contributed by atoms with Gasteiger partial charge in [0.2, 0.25) is 6.29 Å². The molecule has 0 atom stereocenters. The summed E-state index contributed by atoms with van der Waals surface area (Å²) in [4.78, 5) is 20.5. The van der Waals surface area contributed by atoms with E-state index >= 15 is 0 Å². The number of nitro benzene ring substituents is 1. The van der Waals surface area contributed by atoms with Crippen molar-refractivity contribution in [3.63, 3.8) is 0 Å². The van der Waals surface area contributed by atoms with E-state index in [1.165, 1.54) is 30.6 Å². The van der Waals surface area contributed by atoms with E-state index in [-0.39, 0.29) is 22.0 Å². The molecule has 0 fully saturated rings. The molecule has 1 heterocycles. The third-order valence-corrected chi connectivity index (χ3v) is 2.89. The zero-order chi connectivity index (χ0) is 15.4. The van der Waals surface area contributed by atoms with Crippen LogP contribution in [0.5, 0.6) is 0 Å². The van der Waals surface area contributed by atoms with Gasteiger partial charge in [0.05, 0.1) is 9.95 Å². The lowest BCUT2D eigenvalue weighted by Crippen LogP contribution is -1.88. The van der Waals surface area contributed by atoms with Crippen molar-refractivity contribution in [2.24, 2.45) is 0 Å². The third-order valence-electron chi connectivity index (χ3n) is 2.57. The summed E-state index contributed by atoms with van der Waals surface area (Å²) in [5.74, 6) is 0.642. The molecule has 0 spiro atoms. The molecule has 2 rings (SSSR count). The molecule has 0 aliphatic carbocycles. The maximum absolute atomic E-state index is 10.6. The molecule has 1 aromatic carbocycles. The molecule has 0 amide bonds. The first-order chi connectivity index (χ1) is 10.0. The van der Waals surface area contributed by atoms with Gasteiger partial charge in [0, 0.05) is 23.8 Å². The summed E-state index contributed by atoms with van der Waals surface area (Å²) in [6.07, 6.45) is 2.70. The van der Waals surface area contributed by atoms with Crippen LogP contribution < -0.4 is 0 Å². The van der Waals surface area contributed by atoms with Crippen molar-refractivity contribution in [1.82, 2.24) is 0 Å². The van der Waals surface area contributed by atoms with Crippen LogP contribution in [0, 0.1) is 21.4 Å². The standard InChI is InChI=1S/C14H6ClN2O4/c15-13-6-10(17(19)20)1-3-12(13)14-4-2-11(21-14)5-9(7-16)8-18/h1-6H. The van der Waals surface area contributed by atoms with E-state index in [2.05, 4.69) is 0 Å². The van der Waals surface area contributed by atoms with Crippen molar-refractivity contribution >= 4 is 29.7 Å². The van der Waals surface area contributed by atoms with Gasteiger partial charge in [0.25, 0.3) is 5.69 Å². The second-order valence-corrected chi connectivity index (χ2v) is 4.30. The normalized spacial score (nSPS) is 11.0. The number of benzene rings is 1.